The predicted molar refractivity (Wildman–Crippen MR) is 117 cm³/mol. The topological polar surface area (TPSA) is 86.6 Å². The molecular weight excluding hydrogens is 380 g/mol. The fourth-order valence-electron chi connectivity index (χ4n) is 4.18. The SMILES string of the molecule is COc1cc2nc(N3CCC(c4cc5ccccc5o4)CC3)nc(N)c2cc1OC. The van der Waals surface area contributed by atoms with Crippen molar-refractivity contribution in [3.63, 3.8) is 0 Å². The maximum Gasteiger partial charge on any atom is 0.227 e. The van der Waals surface area contributed by atoms with Crippen LogP contribution in [0.1, 0.15) is 24.5 Å². The molecule has 0 atom stereocenters. The maximum atomic E-state index is 6.25. The van der Waals surface area contributed by atoms with Gasteiger partial charge in [-0.1, -0.05) is 18.2 Å². The Morgan fingerprint density at radius 3 is 2.47 bits per heavy atom. The van der Waals surface area contributed by atoms with Crippen LogP contribution in [0.5, 0.6) is 11.5 Å². The van der Waals surface area contributed by atoms with E-state index in [9.17, 15) is 0 Å². The van der Waals surface area contributed by atoms with Gasteiger partial charge < -0.3 is 24.5 Å². The number of fused-ring (bicyclic) bond motifs is 2. The van der Waals surface area contributed by atoms with Gasteiger partial charge in [0.1, 0.15) is 17.2 Å². The average Bonchev–Trinajstić information content (AvgIpc) is 3.22. The molecule has 1 saturated heterocycles. The van der Waals surface area contributed by atoms with Gasteiger partial charge in [0.15, 0.2) is 11.5 Å². The highest BCUT2D eigenvalue weighted by Crippen LogP contribution is 2.36. The van der Waals surface area contributed by atoms with Crippen LogP contribution >= 0.6 is 0 Å². The zero-order chi connectivity index (χ0) is 20.7. The average molecular weight is 404 g/mol. The number of ether oxygens (including phenoxy) is 2. The fraction of sp³-hybridized carbons (Fsp3) is 0.304. The van der Waals surface area contributed by atoms with Gasteiger partial charge in [0.05, 0.1) is 19.7 Å². The maximum absolute atomic E-state index is 6.25. The van der Waals surface area contributed by atoms with E-state index < -0.39 is 0 Å². The molecule has 0 bridgehead atoms. The number of piperidine rings is 1. The fourth-order valence-corrected chi connectivity index (χ4v) is 4.18. The van der Waals surface area contributed by atoms with Crippen LogP contribution < -0.4 is 20.1 Å². The van der Waals surface area contributed by atoms with Crippen molar-refractivity contribution in [1.29, 1.82) is 0 Å². The quantitative estimate of drug-likeness (QED) is 0.541. The number of aromatic nitrogens is 2. The number of benzene rings is 2. The zero-order valence-electron chi connectivity index (χ0n) is 17.1. The van der Waals surface area contributed by atoms with Gasteiger partial charge in [-0.15, -0.1) is 0 Å². The van der Waals surface area contributed by atoms with E-state index in [1.54, 1.807) is 14.2 Å². The van der Waals surface area contributed by atoms with Gasteiger partial charge in [0.25, 0.3) is 0 Å². The number of nitrogens with two attached hydrogens (primary N) is 1. The summed E-state index contributed by atoms with van der Waals surface area (Å²) in [5, 5.41) is 1.92. The molecule has 0 unspecified atom stereocenters. The minimum atomic E-state index is 0.399. The van der Waals surface area contributed by atoms with E-state index in [-0.39, 0.29) is 0 Å². The zero-order valence-corrected chi connectivity index (χ0v) is 17.1. The number of nitrogen functional groups attached to an aromatic ring is 1. The molecule has 0 spiro atoms. The summed E-state index contributed by atoms with van der Waals surface area (Å²) >= 11 is 0. The lowest BCUT2D eigenvalue weighted by Crippen LogP contribution is -2.34. The van der Waals surface area contributed by atoms with E-state index in [1.165, 1.54) is 0 Å². The van der Waals surface area contributed by atoms with Gasteiger partial charge in [-0.3, -0.25) is 0 Å². The molecule has 4 aromatic rings. The molecule has 30 heavy (non-hydrogen) atoms. The second-order valence-corrected chi connectivity index (χ2v) is 7.58. The van der Waals surface area contributed by atoms with Crippen LogP contribution in [0.2, 0.25) is 0 Å². The molecule has 0 saturated carbocycles. The lowest BCUT2D eigenvalue weighted by molar-refractivity contribution is 0.356. The van der Waals surface area contributed by atoms with E-state index in [0.717, 1.165) is 53.6 Å². The molecule has 0 radical (unpaired) electrons. The van der Waals surface area contributed by atoms with Crippen LogP contribution in [-0.4, -0.2) is 37.3 Å². The molecule has 7 heteroatoms. The molecule has 1 aliphatic heterocycles. The predicted octanol–water partition coefficient (Wildman–Crippen LogP) is 4.36. The van der Waals surface area contributed by atoms with Gasteiger partial charge in [0.2, 0.25) is 5.95 Å². The van der Waals surface area contributed by atoms with Crippen LogP contribution in [0.3, 0.4) is 0 Å². The second kappa shape index (κ2) is 7.40. The van der Waals surface area contributed by atoms with E-state index in [2.05, 4.69) is 22.0 Å². The number of furan rings is 1. The standard InChI is InChI=1S/C23H24N4O3/c1-28-20-12-16-17(13-21(20)29-2)25-23(26-22(16)24)27-9-7-14(8-10-27)19-11-15-5-3-4-6-18(15)30-19/h3-6,11-14H,7-10H2,1-2H3,(H2,24,25,26). The van der Waals surface area contributed by atoms with Crippen LogP contribution in [0.4, 0.5) is 11.8 Å². The summed E-state index contributed by atoms with van der Waals surface area (Å²) in [4.78, 5) is 11.5. The normalized spacial score (nSPS) is 15.1. The van der Waals surface area contributed by atoms with Crippen LogP contribution in [0.25, 0.3) is 21.9 Å². The second-order valence-electron chi connectivity index (χ2n) is 7.58. The Morgan fingerprint density at radius 2 is 1.73 bits per heavy atom. The number of rotatable bonds is 4. The first kappa shape index (κ1) is 18.5. The Bertz CT molecular complexity index is 1180. The van der Waals surface area contributed by atoms with E-state index >= 15 is 0 Å². The Hall–Kier alpha value is -3.48. The minimum Gasteiger partial charge on any atom is -0.493 e. The number of hydrogen-bond acceptors (Lipinski definition) is 7. The number of methoxy groups -OCH3 is 2. The summed E-state index contributed by atoms with van der Waals surface area (Å²) < 4.78 is 16.9. The van der Waals surface area contributed by atoms with Crippen molar-refractivity contribution in [3.05, 3.63) is 48.2 Å². The molecule has 1 fully saturated rings. The number of hydrogen-bond donors (Lipinski definition) is 1. The highest BCUT2D eigenvalue weighted by molar-refractivity contribution is 5.91. The largest absolute Gasteiger partial charge is 0.493 e. The van der Waals surface area contributed by atoms with Crippen molar-refractivity contribution in [2.45, 2.75) is 18.8 Å². The van der Waals surface area contributed by atoms with Crippen molar-refractivity contribution in [1.82, 2.24) is 9.97 Å². The number of nitrogens with zero attached hydrogens (tertiary/aromatic N) is 3. The molecule has 3 heterocycles. The third-order valence-electron chi connectivity index (χ3n) is 5.84. The van der Waals surface area contributed by atoms with Gasteiger partial charge >= 0.3 is 0 Å². The summed E-state index contributed by atoms with van der Waals surface area (Å²) in [6.07, 6.45) is 1.96. The Morgan fingerprint density at radius 1 is 1.00 bits per heavy atom. The number of para-hydroxylation sites is 1. The summed E-state index contributed by atoms with van der Waals surface area (Å²) in [6, 6.07) is 14.0. The highest BCUT2D eigenvalue weighted by Gasteiger charge is 2.25. The molecular formula is C23H24N4O3. The van der Waals surface area contributed by atoms with Crippen molar-refractivity contribution in [3.8, 4) is 11.5 Å². The third kappa shape index (κ3) is 3.16. The van der Waals surface area contributed by atoms with E-state index in [4.69, 9.17) is 24.6 Å². The Kier molecular flexibility index (Phi) is 4.58. The van der Waals surface area contributed by atoms with Gasteiger partial charge in [-0.2, -0.15) is 4.98 Å². The number of anilines is 2. The monoisotopic (exact) mass is 404 g/mol. The van der Waals surface area contributed by atoms with Crippen molar-refractivity contribution < 1.29 is 13.9 Å². The van der Waals surface area contributed by atoms with Crippen molar-refractivity contribution in [2.24, 2.45) is 0 Å². The molecule has 5 rings (SSSR count). The molecule has 1 aliphatic rings. The molecule has 154 valence electrons. The Labute approximate surface area is 174 Å². The van der Waals surface area contributed by atoms with E-state index in [0.29, 0.717) is 29.2 Å². The lowest BCUT2D eigenvalue weighted by Gasteiger charge is -2.31. The van der Waals surface area contributed by atoms with Gasteiger partial charge in [-0.25, -0.2) is 4.98 Å². The molecule has 0 aliphatic carbocycles. The molecule has 2 aromatic carbocycles. The first-order valence-electron chi connectivity index (χ1n) is 10.1. The van der Waals surface area contributed by atoms with Crippen LogP contribution in [0.15, 0.2) is 46.9 Å². The molecule has 2 N–H and O–H groups in total. The summed E-state index contributed by atoms with van der Waals surface area (Å²) in [7, 11) is 3.21. The molecule has 2 aromatic heterocycles. The van der Waals surface area contributed by atoms with Crippen molar-refractivity contribution in [2.75, 3.05) is 37.9 Å². The minimum absolute atomic E-state index is 0.399. The third-order valence-corrected chi connectivity index (χ3v) is 5.84. The summed E-state index contributed by atoms with van der Waals surface area (Å²) in [5.41, 5.74) is 7.95. The summed E-state index contributed by atoms with van der Waals surface area (Å²) in [6.45, 7) is 1.69. The van der Waals surface area contributed by atoms with Crippen LogP contribution in [0, 0.1) is 0 Å². The van der Waals surface area contributed by atoms with Crippen LogP contribution in [-0.2, 0) is 0 Å². The smallest absolute Gasteiger partial charge is 0.227 e. The van der Waals surface area contributed by atoms with Crippen molar-refractivity contribution >= 4 is 33.6 Å². The van der Waals surface area contributed by atoms with E-state index in [1.807, 2.05) is 30.3 Å². The van der Waals surface area contributed by atoms with Gasteiger partial charge in [0, 0.05) is 35.8 Å². The highest BCUT2D eigenvalue weighted by atomic mass is 16.5. The molecule has 0 amide bonds. The molecule has 7 nitrogen and oxygen atoms in total. The lowest BCUT2D eigenvalue weighted by atomic mass is 9.94. The summed E-state index contributed by atoms with van der Waals surface area (Å²) in [5.74, 6) is 3.78. The van der Waals surface area contributed by atoms with Gasteiger partial charge in [-0.05, 0) is 31.0 Å². The first-order valence-corrected chi connectivity index (χ1v) is 10.1. The first-order chi connectivity index (χ1) is 14.7. The Balaban J connectivity index is 1.38.